The van der Waals surface area contributed by atoms with Crippen LogP contribution in [0, 0.1) is 0 Å². The summed E-state index contributed by atoms with van der Waals surface area (Å²) in [7, 11) is 3.83. The number of urea groups is 1. The standard InChI is InChI=1S/C31H40F4N8O6/c1-29(2,3)48-27(46)41(9)24-19-13-18(14-36-23(19)43(38-24)28(47)49-30(4,5)6)42-11-10-22(20(32)16-42)40(8)26(45)37-21-12-17(31(33,34)35)15-39(7)25(21)44/h12-15,20,22H,10-11,16H2,1-9H3,(H,37,45). The average molecular weight is 697 g/mol. The van der Waals surface area contributed by atoms with Crippen LogP contribution in [0.15, 0.2) is 29.3 Å². The van der Waals surface area contributed by atoms with Gasteiger partial charge in [0.2, 0.25) is 0 Å². The summed E-state index contributed by atoms with van der Waals surface area (Å²) in [6.07, 6.45) is -5.84. The smallest absolute Gasteiger partial charge is 0.437 e. The molecule has 3 amide bonds. The zero-order valence-corrected chi connectivity index (χ0v) is 28.7. The molecule has 0 spiro atoms. The van der Waals surface area contributed by atoms with E-state index in [0.717, 1.165) is 21.5 Å². The van der Waals surface area contributed by atoms with Gasteiger partial charge in [0.15, 0.2) is 11.5 Å². The van der Waals surface area contributed by atoms with Crippen molar-refractivity contribution in [2.24, 2.45) is 7.05 Å². The molecule has 1 aliphatic heterocycles. The predicted octanol–water partition coefficient (Wildman–Crippen LogP) is 5.38. The van der Waals surface area contributed by atoms with Crippen LogP contribution in [0.3, 0.4) is 0 Å². The molecular formula is C31H40F4N8O6. The predicted molar refractivity (Wildman–Crippen MR) is 173 cm³/mol. The molecule has 18 heteroatoms. The number of nitrogens with zero attached hydrogens (tertiary/aromatic N) is 7. The minimum atomic E-state index is -4.76. The molecular weight excluding hydrogens is 656 g/mol. The number of nitrogens with one attached hydrogen (secondary N) is 1. The number of carbonyl (C=O) groups excluding carboxylic acids is 3. The number of aromatic nitrogens is 4. The summed E-state index contributed by atoms with van der Waals surface area (Å²) < 4.78 is 68.1. The van der Waals surface area contributed by atoms with Crippen LogP contribution in [0.5, 0.6) is 0 Å². The minimum Gasteiger partial charge on any atom is -0.443 e. The van der Waals surface area contributed by atoms with E-state index >= 15 is 4.39 Å². The van der Waals surface area contributed by atoms with Gasteiger partial charge in [0.25, 0.3) is 5.56 Å². The molecule has 1 N–H and O–H groups in total. The zero-order valence-electron chi connectivity index (χ0n) is 28.7. The van der Waals surface area contributed by atoms with E-state index in [1.807, 2.05) is 0 Å². The van der Waals surface area contributed by atoms with Gasteiger partial charge in [-0.05, 0) is 60.1 Å². The molecule has 268 valence electrons. The Morgan fingerprint density at radius 2 is 1.65 bits per heavy atom. The number of carbonyl (C=O) groups is 3. The second-order valence-electron chi connectivity index (χ2n) is 13.7. The highest BCUT2D eigenvalue weighted by Gasteiger charge is 2.37. The number of hydrogen-bond donors (Lipinski definition) is 1. The van der Waals surface area contributed by atoms with Crippen LogP contribution in [0.4, 0.5) is 49.1 Å². The number of anilines is 3. The lowest BCUT2D eigenvalue weighted by atomic mass is 10.0. The van der Waals surface area contributed by atoms with Gasteiger partial charge in [-0.25, -0.2) is 23.8 Å². The number of pyridine rings is 2. The first-order chi connectivity index (χ1) is 22.5. The molecule has 2 atom stereocenters. The number of hydrogen-bond acceptors (Lipinski definition) is 9. The second kappa shape index (κ2) is 13.2. The van der Waals surface area contributed by atoms with Crippen LogP contribution in [0.1, 0.15) is 53.5 Å². The van der Waals surface area contributed by atoms with Gasteiger partial charge in [0.05, 0.1) is 35.4 Å². The largest absolute Gasteiger partial charge is 0.443 e. The van der Waals surface area contributed by atoms with E-state index < -0.39 is 64.6 Å². The molecule has 49 heavy (non-hydrogen) atoms. The normalized spacial score (nSPS) is 17.1. The first-order valence-electron chi connectivity index (χ1n) is 15.3. The van der Waals surface area contributed by atoms with Crippen molar-refractivity contribution in [2.75, 3.05) is 42.3 Å². The Morgan fingerprint density at radius 3 is 2.22 bits per heavy atom. The molecule has 3 aromatic rings. The van der Waals surface area contributed by atoms with Crippen molar-refractivity contribution in [3.8, 4) is 0 Å². The zero-order chi connectivity index (χ0) is 36.8. The van der Waals surface area contributed by atoms with Gasteiger partial charge >= 0.3 is 24.4 Å². The van der Waals surface area contributed by atoms with Crippen molar-refractivity contribution in [3.63, 3.8) is 0 Å². The van der Waals surface area contributed by atoms with Crippen LogP contribution in [-0.2, 0) is 22.7 Å². The molecule has 2 unspecified atom stereocenters. The maximum Gasteiger partial charge on any atom is 0.437 e. The Bertz CT molecular complexity index is 1810. The van der Waals surface area contributed by atoms with Gasteiger partial charge in [-0.2, -0.15) is 13.2 Å². The van der Waals surface area contributed by atoms with Crippen molar-refractivity contribution in [2.45, 2.75) is 77.6 Å². The van der Waals surface area contributed by atoms with Gasteiger partial charge in [-0.3, -0.25) is 9.69 Å². The van der Waals surface area contributed by atoms with Crippen molar-refractivity contribution in [3.05, 3.63) is 40.4 Å². The quantitative estimate of drug-likeness (QED) is 0.356. The number of ether oxygens (including phenoxy) is 2. The third-order valence-electron chi connectivity index (χ3n) is 7.48. The fraction of sp³-hybridized carbons (Fsp3) is 0.548. The minimum absolute atomic E-state index is 0.0354. The van der Waals surface area contributed by atoms with Gasteiger partial charge < -0.3 is 29.2 Å². The average Bonchev–Trinajstić information content (AvgIpc) is 3.35. The second-order valence-corrected chi connectivity index (χ2v) is 13.7. The Hall–Kier alpha value is -4.90. The molecule has 3 aromatic heterocycles. The fourth-order valence-electron chi connectivity index (χ4n) is 5.12. The van der Waals surface area contributed by atoms with Gasteiger partial charge in [0.1, 0.15) is 23.1 Å². The Labute approximate surface area is 279 Å². The van der Waals surface area contributed by atoms with E-state index in [2.05, 4.69) is 15.4 Å². The van der Waals surface area contributed by atoms with E-state index in [9.17, 15) is 32.3 Å². The molecule has 1 fully saturated rings. The van der Waals surface area contributed by atoms with Crippen LogP contribution in [0.2, 0.25) is 0 Å². The van der Waals surface area contributed by atoms with Gasteiger partial charge in [-0.15, -0.1) is 9.78 Å². The monoisotopic (exact) mass is 696 g/mol. The highest BCUT2D eigenvalue weighted by Crippen LogP contribution is 2.33. The number of amides is 3. The summed E-state index contributed by atoms with van der Waals surface area (Å²) in [4.78, 5) is 59.6. The third-order valence-corrected chi connectivity index (χ3v) is 7.48. The highest BCUT2D eigenvalue weighted by atomic mass is 19.4. The number of halogens is 4. The fourth-order valence-corrected chi connectivity index (χ4v) is 5.12. The summed E-state index contributed by atoms with van der Waals surface area (Å²) >= 11 is 0. The van der Waals surface area contributed by atoms with Gasteiger partial charge in [-0.1, -0.05) is 0 Å². The lowest BCUT2D eigenvalue weighted by Crippen LogP contribution is -2.54. The molecule has 0 radical (unpaired) electrons. The van der Waals surface area contributed by atoms with Crippen molar-refractivity contribution in [1.82, 2.24) is 24.2 Å². The van der Waals surface area contributed by atoms with Crippen LogP contribution >= 0.6 is 0 Å². The molecule has 0 aromatic carbocycles. The number of piperidine rings is 1. The number of aryl methyl sites for hydroxylation is 1. The SMILES string of the molecule is CN(C(=O)OC(C)(C)C)c1nn(C(=O)OC(C)(C)C)c2ncc(N3CCC(N(C)C(=O)Nc4cc(C(F)(F)F)cn(C)c4=O)C(F)C3)cc12. The van der Waals surface area contributed by atoms with E-state index in [1.165, 1.54) is 20.3 Å². The molecule has 0 saturated carbocycles. The Morgan fingerprint density at radius 1 is 1.02 bits per heavy atom. The highest BCUT2D eigenvalue weighted by molar-refractivity contribution is 6.01. The maximum atomic E-state index is 15.7. The first-order valence-corrected chi connectivity index (χ1v) is 15.3. The third kappa shape index (κ3) is 8.40. The summed E-state index contributed by atoms with van der Waals surface area (Å²) in [6.45, 7) is 10.1. The summed E-state index contributed by atoms with van der Waals surface area (Å²) in [6, 6.07) is 0.197. The van der Waals surface area contributed by atoms with E-state index in [-0.39, 0.29) is 36.4 Å². The first kappa shape index (κ1) is 36.9. The Kier molecular flexibility index (Phi) is 9.94. The lowest BCUT2D eigenvalue weighted by Gasteiger charge is -2.39. The van der Waals surface area contributed by atoms with E-state index in [0.29, 0.717) is 22.5 Å². The summed E-state index contributed by atoms with van der Waals surface area (Å²) in [5.41, 5.74) is -3.78. The van der Waals surface area contributed by atoms with Crippen molar-refractivity contribution >= 4 is 46.4 Å². The molecule has 14 nitrogen and oxygen atoms in total. The summed E-state index contributed by atoms with van der Waals surface area (Å²) in [5.74, 6) is 0.0354. The van der Waals surface area contributed by atoms with E-state index in [1.54, 1.807) is 52.5 Å². The molecule has 1 aliphatic rings. The van der Waals surface area contributed by atoms with Crippen LogP contribution in [0.25, 0.3) is 11.0 Å². The maximum absolute atomic E-state index is 15.7. The Balaban J connectivity index is 1.58. The lowest BCUT2D eigenvalue weighted by molar-refractivity contribution is -0.138. The number of alkyl halides is 4. The van der Waals surface area contributed by atoms with Crippen molar-refractivity contribution < 1.29 is 41.4 Å². The summed E-state index contributed by atoms with van der Waals surface area (Å²) in [5, 5.41) is 6.78. The van der Waals surface area contributed by atoms with E-state index in [4.69, 9.17) is 9.47 Å². The number of rotatable bonds is 4. The molecule has 0 bridgehead atoms. The number of fused-ring (bicyclic) bond motifs is 1. The molecule has 0 aliphatic carbocycles. The topological polar surface area (TPSA) is 144 Å². The molecule has 1 saturated heterocycles. The van der Waals surface area contributed by atoms with Crippen LogP contribution < -0.4 is 20.7 Å². The molecule has 4 heterocycles. The van der Waals surface area contributed by atoms with Crippen molar-refractivity contribution in [1.29, 1.82) is 0 Å². The van der Waals surface area contributed by atoms with Crippen LogP contribution in [-0.4, -0.2) is 93.0 Å². The molecule has 4 rings (SSSR count). The van der Waals surface area contributed by atoms with Gasteiger partial charge in [0, 0.05) is 33.9 Å².